The Kier molecular flexibility index (Phi) is 3.47. The normalized spacial score (nSPS) is 23.6. The zero-order valence-electron chi connectivity index (χ0n) is 8.76. The molecule has 0 aromatic carbocycles. The average molecular weight is 178 g/mol. The summed E-state index contributed by atoms with van der Waals surface area (Å²) in [5.41, 5.74) is 2.35. The van der Waals surface area contributed by atoms with Crippen LogP contribution >= 0.6 is 0 Å². The Labute approximate surface area is 80.5 Å². The van der Waals surface area contributed by atoms with Crippen LogP contribution in [0.25, 0.3) is 0 Å². The molecule has 0 fully saturated rings. The monoisotopic (exact) mass is 178 g/mol. The van der Waals surface area contributed by atoms with Crippen LogP contribution in [0.15, 0.2) is 23.3 Å². The van der Waals surface area contributed by atoms with E-state index in [0.29, 0.717) is 11.7 Å². The fourth-order valence-electron chi connectivity index (χ4n) is 1.71. The molecule has 0 radical (unpaired) electrons. The van der Waals surface area contributed by atoms with E-state index in [-0.39, 0.29) is 0 Å². The van der Waals surface area contributed by atoms with Gasteiger partial charge in [-0.3, -0.25) is 4.79 Å². The Bertz CT molecular complexity index is 258. The lowest BCUT2D eigenvalue weighted by Gasteiger charge is -2.00. The van der Waals surface area contributed by atoms with Crippen LogP contribution in [0.2, 0.25) is 0 Å². The van der Waals surface area contributed by atoms with E-state index in [2.05, 4.69) is 32.9 Å². The predicted octanol–water partition coefficient (Wildman–Crippen LogP) is 3.27. The minimum Gasteiger partial charge on any atom is -0.295 e. The van der Waals surface area contributed by atoms with Gasteiger partial charge in [0.1, 0.15) is 0 Å². The Morgan fingerprint density at radius 3 is 2.62 bits per heavy atom. The van der Waals surface area contributed by atoms with Crippen LogP contribution in [0.5, 0.6) is 0 Å². The van der Waals surface area contributed by atoms with Crippen molar-refractivity contribution in [3.63, 3.8) is 0 Å². The number of hydrogen-bond acceptors (Lipinski definition) is 1. The second-order valence-electron chi connectivity index (χ2n) is 3.77. The van der Waals surface area contributed by atoms with Crippen molar-refractivity contribution in [1.82, 2.24) is 0 Å². The summed E-state index contributed by atoms with van der Waals surface area (Å²) in [7, 11) is 0. The van der Waals surface area contributed by atoms with E-state index in [1.54, 1.807) is 0 Å². The molecule has 72 valence electrons. The minimum absolute atomic E-state index is 0.353. The number of carbonyl (C=O) groups is 1. The first kappa shape index (κ1) is 10.2. The van der Waals surface area contributed by atoms with Gasteiger partial charge in [0, 0.05) is 6.42 Å². The summed E-state index contributed by atoms with van der Waals surface area (Å²) in [5.74, 6) is 0.822. The summed E-state index contributed by atoms with van der Waals surface area (Å²) in [6.45, 7) is 6.32. The average Bonchev–Trinajstić information content (AvgIpc) is 2.32. The van der Waals surface area contributed by atoms with Gasteiger partial charge in [0.15, 0.2) is 5.78 Å². The second kappa shape index (κ2) is 4.40. The number of carbonyl (C=O) groups excluding carboxylic acids is 1. The molecule has 1 nitrogen and oxygen atoms in total. The van der Waals surface area contributed by atoms with Crippen LogP contribution in [0.3, 0.4) is 0 Å². The number of ketones is 1. The van der Waals surface area contributed by atoms with E-state index in [1.807, 2.05) is 0 Å². The lowest BCUT2D eigenvalue weighted by Crippen LogP contribution is -1.95. The van der Waals surface area contributed by atoms with Gasteiger partial charge in [-0.2, -0.15) is 0 Å². The second-order valence-corrected chi connectivity index (χ2v) is 3.77. The van der Waals surface area contributed by atoms with Gasteiger partial charge in [0.25, 0.3) is 0 Å². The van der Waals surface area contributed by atoms with E-state index in [0.717, 1.165) is 24.8 Å². The fourth-order valence-corrected chi connectivity index (χ4v) is 1.71. The molecule has 1 unspecified atom stereocenters. The third-order valence-electron chi connectivity index (χ3n) is 2.77. The molecule has 0 heterocycles. The highest BCUT2D eigenvalue weighted by Gasteiger charge is 2.24. The molecule has 1 rings (SSSR count). The Hall–Kier alpha value is -0.850. The summed E-state index contributed by atoms with van der Waals surface area (Å²) in [4.78, 5) is 11.5. The van der Waals surface area contributed by atoms with Crippen molar-refractivity contribution >= 4 is 5.78 Å². The minimum atomic E-state index is 0.353. The van der Waals surface area contributed by atoms with E-state index >= 15 is 0 Å². The molecule has 13 heavy (non-hydrogen) atoms. The molecule has 0 N–H and O–H groups in total. The molecule has 0 saturated heterocycles. The standard InChI is InChI=1S/C12H18O/c1-4-5-6-7-11-10(3)9(2)8-12(11)13/h5-6,9H,4,7-8H2,1-3H3/b6-5-. The first-order chi connectivity index (χ1) is 6.16. The molecule has 1 aliphatic rings. The molecular formula is C12H18O. The van der Waals surface area contributed by atoms with Crippen molar-refractivity contribution in [2.45, 2.75) is 40.0 Å². The number of hydrogen-bond donors (Lipinski definition) is 0. The summed E-state index contributed by atoms with van der Waals surface area (Å²) >= 11 is 0. The third kappa shape index (κ3) is 2.30. The van der Waals surface area contributed by atoms with Gasteiger partial charge >= 0.3 is 0 Å². The van der Waals surface area contributed by atoms with Crippen molar-refractivity contribution < 1.29 is 4.79 Å². The first-order valence-electron chi connectivity index (χ1n) is 5.04. The maximum absolute atomic E-state index is 11.5. The molecule has 1 heteroatoms. The summed E-state index contributed by atoms with van der Waals surface area (Å²) in [5, 5.41) is 0. The SMILES string of the molecule is CC/C=C\CC1=C(C)C(C)CC1=O. The quantitative estimate of drug-likeness (QED) is 0.606. The highest BCUT2D eigenvalue weighted by atomic mass is 16.1. The number of rotatable bonds is 3. The molecule has 0 spiro atoms. The van der Waals surface area contributed by atoms with Crippen molar-refractivity contribution in [2.24, 2.45) is 5.92 Å². The highest BCUT2D eigenvalue weighted by Crippen LogP contribution is 2.30. The predicted molar refractivity (Wildman–Crippen MR) is 55.5 cm³/mol. The van der Waals surface area contributed by atoms with Crippen LogP contribution in [0.1, 0.15) is 40.0 Å². The van der Waals surface area contributed by atoms with Gasteiger partial charge in [-0.15, -0.1) is 0 Å². The lowest BCUT2D eigenvalue weighted by molar-refractivity contribution is -0.115. The van der Waals surface area contributed by atoms with E-state index in [9.17, 15) is 4.79 Å². The number of Topliss-reactive ketones (excluding diaryl/α,β-unsaturated/α-hetero) is 1. The fraction of sp³-hybridized carbons (Fsp3) is 0.583. The van der Waals surface area contributed by atoms with Crippen molar-refractivity contribution in [3.8, 4) is 0 Å². The molecule has 1 atom stereocenters. The Morgan fingerprint density at radius 1 is 1.46 bits per heavy atom. The molecule has 0 aliphatic heterocycles. The van der Waals surface area contributed by atoms with Crippen LogP contribution in [-0.2, 0) is 4.79 Å². The zero-order valence-corrected chi connectivity index (χ0v) is 8.76. The van der Waals surface area contributed by atoms with Gasteiger partial charge < -0.3 is 0 Å². The van der Waals surface area contributed by atoms with Gasteiger partial charge in [-0.25, -0.2) is 0 Å². The van der Waals surface area contributed by atoms with Crippen LogP contribution in [-0.4, -0.2) is 5.78 Å². The molecule has 0 saturated carbocycles. The van der Waals surface area contributed by atoms with E-state index < -0.39 is 0 Å². The van der Waals surface area contributed by atoms with Crippen LogP contribution in [0, 0.1) is 5.92 Å². The van der Waals surface area contributed by atoms with Crippen molar-refractivity contribution in [2.75, 3.05) is 0 Å². The molecule has 0 amide bonds. The van der Waals surface area contributed by atoms with Crippen molar-refractivity contribution in [1.29, 1.82) is 0 Å². The zero-order chi connectivity index (χ0) is 9.84. The van der Waals surface area contributed by atoms with Gasteiger partial charge in [-0.1, -0.05) is 31.6 Å². The third-order valence-corrected chi connectivity index (χ3v) is 2.77. The molecule has 1 aliphatic carbocycles. The van der Waals surface area contributed by atoms with Crippen LogP contribution in [0.4, 0.5) is 0 Å². The molecule has 0 aromatic heterocycles. The first-order valence-corrected chi connectivity index (χ1v) is 5.04. The molecular weight excluding hydrogens is 160 g/mol. The highest BCUT2D eigenvalue weighted by molar-refractivity contribution is 5.99. The summed E-state index contributed by atoms with van der Waals surface area (Å²) in [6, 6.07) is 0. The van der Waals surface area contributed by atoms with Gasteiger partial charge in [0.05, 0.1) is 0 Å². The molecule has 0 aromatic rings. The van der Waals surface area contributed by atoms with Gasteiger partial charge in [0.2, 0.25) is 0 Å². The van der Waals surface area contributed by atoms with E-state index in [4.69, 9.17) is 0 Å². The topological polar surface area (TPSA) is 17.1 Å². The molecule has 0 bridgehead atoms. The van der Waals surface area contributed by atoms with Crippen molar-refractivity contribution in [3.05, 3.63) is 23.3 Å². The Morgan fingerprint density at radius 2 is 2.15 bits per heavy atom. The lowest BCUT2D eigenvalue weighted by atomic mass is 10.0. The number of allylic oxidation sites excluding steroid dienone is 4. The maximum atomic E-state index is 11.5. The maximum Gasteiger partial charge on any atom is 0.159 e. The summed E-state index contributed by atoms with van der Waals surface area (Å²) < 4.78 is 0. The summed E-state index contributed by atoms with van der Waals surface area (Å²) in [6.07, 6.45) is 6.84. The Balaban J connectivity index is 2.66. The largest absolute Gasteiger partial charge is 0.295 e. The smallest absolute Gasteiger partial charge is 0.159 e. The van der Waals surface area contributed by atoms with E-state index in [1.165, 1.54) is 5.57 Å². The van der Waals surface area contributed by atoms with Gasteiger partial charge in [-0.05, 0) is 31.3 Å². The van der Waals surface area contributed by atoms with Crippen LogP contribution < -0.4 is 0 Å².